The van der Waals surface area contributed by atoms with Gasteiger partial charge in [0.05, 0.1) is 11.8 Å². The van der Waals surface area contributed by atoms with Crippen LogP contribution in [0.15, 0.2) is 42.6 Å². The Bertz CT molecular complexity index is 953. The minimum Gasteiger partial charge on any atom is -0.392 e. The second kappa shape index (κ2) is 11.8. The number of aliphatic hydroxyl groups excluding tert-OH is 1. The van der Waals surface area contributed by atoms with E-state index in [1.165, 1.54) is 0 Å². The molecule has 184 valence electrons. The smallest absolute Gasteiger partial charge is 0.253 e. The Kier molecular flexibility index (Phi) is 8.87. The van der Waals surface area contributed by atoms with Crippen LogP contribution in [0.25, 0.3) is 0 Å². The fourth-order valence-corrected chi connectivity index (χ4v) is 4.18. The van der Waals surface area contributed by atoms with E-state index in [1.807, 2.05) is 24.0 Å². The standard InChI is InChI=1S/C26H37N5O3/c1-5-13-31(18-20(4)32)26(34)22-10-8-21(9-11-22)25(33)30-16-14-29(15-17-30)24-23(28-19(2)3)7-6-12-27-24/h6-12,19-20,28,32H,5,13-18H2,1-4H3. The number of pyridine rings is 1. The van der Waals surface area contributed by atoms with Crippen LogP contribution in [0.3, 0.4) is 0 Å². The van der Waals surface area contributed by atoms with Crippen LogP contribution in [0.1, 0.15) is 54.8 Å². The van der Waals surface area contributed by atoms with Gasteiger partial charge in [-0.05, 0) is 63.6 Å². The first kappa shape index (κ1) is 25.5. The maximum Gasteiger partial charge on any atom is 0.253 e. The first-order chi connectivity index (χ1) is 16.3. The van der Waals surface area contributed by atoms with Gasteiger partial charge in [0, 0.05) is 62.6 Å². The summed E-state index contributed by atoms with van der Waals surface area (Å²) in [4.78, 5) is 36.2. The molecule has 0 aliphatic carbocycles. The fourth-order valence-electron chi connectivity index (χ4n) is 4.18. The van der Waals surface area contributed by atoms with Gasteiger partial charge in [-0.15, -0.1) is 0 Å². The van der Waals surface area contributed by atoms with E-state index >= 15 is 0 Å². The van der Waals surface area contributed by atoms with Gasteiger partial charge in [0.15, 0.2) is 5.82 Å². The molecule has 1 aliphatic rings. The van der Waals surface area contributed by atoms with E-state index in [0.717, 1.165) is 17.9 Å². The number of aromatic nitrogens is 1. The Morgan fingerprint density at radius 3 is 2.29 bits per heavy atom. The number of amides is 2. The molecule has 0 radical (unpaired) electrons. The average Bonchev–Trinajstić information content (AvgIpc) is 2.83. The molecular weight excluding hydrogens is 430 g/mol. The highest BCUT2D eigenvalue weighted by Gasteiger charge is 2.25. The van der Waals surface area contributed by atoms with Gasteiger partial charge in [0.2, 0.25) is 0 Å². The number of carbonyl (C=O) groups is 2. The van der Waals surface area contributed by atoms with Gasteiger partial charge in [-0.1, -0.05) is 6.92 Å². The number of nitrogens with zero attached hydrogens (tertiary/aromatic N) is 4. The van der Waals surface area contributed by atoms with Gasteiger partial charge in [-0.2, -0.15) is 0 Å². The fraction of sp³-hybridized carbons (Fsp3) is 0.500. The van der Waals surface area contributed by atoms with E-state index < -0.39 is 6.10 Å². The van der Waals surface area contributed by atoms with Crippen molar-refractivity contribution in [2.24, 2.45) is 0 Å². The molecule has 1 aromatic carbocycles. The third kappa shape index (κ3) is 6.47. The molecule has 0 bridgehead atoms. The molecule has 8 heteroatoms. The normalized spacial score (nSPS) is 14.8. The zero-order valence-corrected chi connectivity index (χ0v) is 20.7. The maximum atomic E-state index is 13.1. The van der Waals surface area contributed by atoms with Crippen molar-refractivity contribution in [1.29, 1.82) is 0 Å². The van der Waals surface area contributed by atoms with Gasteiger partial charge in [-0.25, -0.2) is 4.98 Å². The Morgan fingerprint density at radius 2 is 1.71 bits per heavy atom. The Balaban J connectivity index is 1.62. The van der Waals surface area contributed by atoms with Crippen LogP contribution >= 0.6 is 0 Å². The summed E-state index contributed by atoms with van der Waals surface area (Å²) in [6.45, 7) is 11.4. The lowest BCUT2D eigenvalue weighted by atomic mass is 10.1. The first-order valence-electron chi connectivity index (χ1n) is 12.1. The molecule has 1 aromatic heterocycles. The van der Waals surface area contributed by atoms with E-state index in [0.29, 0.717) is 56.4 Å². The van der Waals surface area contributed by atoms with Crippen LogP contribution in [0.4, 0.5) is 11.5 Å². The number of hydrogen-bond acceptors (Lipinski definition) is 6. The van der Waals surface area contributed by atoms with Crippen molar-refractivity contribution in [1.82, 2.24) is 14.8 Å². The highest BCUT2D eigenvalue weighted by molar-refractivity contribution is 5.98. The Hall–Kier alpha value is -3.13. The number of benzene rings is 1. The molecule has 1 fully saturated rings. The lowest BCUT2D eigenvalue weighted by Gasteiger charge is -2.36. The van der Waals surface area contributed by atoms with Crippen LogP contribution in [0, 0.1) is 0 Å². The van der Waals surface area contributed by atoms with Crippen LogP contribution in [0.2, 0.25) is 0 Å². The molecule has 1 aliphatic heterocycles. The summed E-state index contributed by atoms with van der Waals surface area (Å²) >= 11 is 0. The third-order valence-electron chi connectivity index (χ3n) is 5.74. The quantitative estimate of drug-likeness (QED) is 0.589. The number of anilines is 2. The first-order valence-corrected chi connectivity index (χ1v) is 12.1. The van der Waals surface area contributed by atoms with Crippen LogP contribution in [0.5, 0.6) is 0 Å². The van der Waals surface area contributed by atoms with E-state index in [2.05, 4.69) is 29.0 Å². The minimum absolute atomic E-state index is 0.0328. The van der Waals surface area contributed by atoms with Crippen molar-refractivity contribution in [2.45, 2.75) is 46.3 Å². The zero-order valence-electron chi connectivity index (χ0n) is 20.7. The number of rotatable bonds is 9. The van der Waals surface area contributed by atoms with E-state index in [1.54, 1.807) is 42.3 Å². The molecule has 2 heterocycles. The predicted octanol–water partition coefficient (Wildman–Crippen LogP) is 3.10. The van der Waals surface area contributed by atoms with Crippen molar-refractivity contribution < 1.29 is 14.7 Å². The number of nitrogens with one attached hydrogen (secondary N) is 1. The van der Waals surface area contributed by atoms with Crippen molar-refractivity contribution in [3.8, 4) is 0 Å². The van der Waals surface area contributed by atoms with Crippen LogP contribution < -0.4 is 10.2 Å². The number of hydrogen-bond donors (Lipinski definition) is 2. The lowest BCUT2D eigenvalue weighted by molar-refractivity contribution is 0.0647. The molecule has 2 aromatic rings. The summed E-state index contributed by atoms with van der Waals surface area (Å²) in [6, 6.07) is 11.1. The van der Waals surface area contributed by atoms with Crippen LogP contribution in [-0.4, -0.2) is 83.1 Å². The van der Waals surface area contributed by atoms with E-state index in [4.69, 9.17) is 0 Å². The molecule has 2 amide bonds. The molecule has 1 saturated heterocycles. The average molecular weight is 468 g/mol. The third-order valence-corrected chi connectivity index (χ3v) is 5.74. The minimum atomic E-state index is -0.585. The number of carbonyl (C=O) groups excluding carboxylic acids is 2. The largest absolute Gasteiger partial charge is 0.392 e. The molecule has 34 heavy (non-hydrogen) atoms. The summed E-state index contributed by atoms with van der Waals surface area (Å²) in [5.41, 5.74) is 2.10. The molecule has 2 N–H and O–H groups in total. The molecule has 8 nitrogen and oxygen atoms in total. The topological polar surface area (TPSA) is 89.0 Å². The Labute approximate surface area is 202 Å². The SMILES string of the molecule is CCCN(CC(C)O)C(=O)c1ccc(C(=O)N2CCN(c3ncccc3NC(C)C)CC2)cc1. The lowest BCUT2D eigenvalue weighted by Crippen LogP contribution is -2.49. The van der Waals surface area contributed by atoms with Crippen molar-refractivity contribution in [3.63, 3.8) is 0 Å². The van der Waals surface area contributed by atoms with Crippen molar-refractivity contribution >= 4 is 23.3 Å². The highest BCUT2D eigenvalue weighted by Crippen LogP contribution is 2.25. The van der Waals surface area contributed by atoms with Gasteiger partial charge in [-0.3, -0.25) is 9.59 Å². The van der Waals surface area contributed by atoms with Crippen molar-refractivity contribution in [2.75, 3.05) is 49.5 Å². The van der Waals surface area contributed by atoms with Gasteiger partial charge in [0.1, 0.15) is 0 Å². The second-order valence-electron chi connectivity index (χ2n) is 9.13. The van der Waals surface area contributed by atoms with Gasteiger partial charge >= 0.3 is 0 Å². The molecule has 0 saturated carbocycles. The summed E-state index contributed by atoms with van der Waals surface area (Å²) in [5.74, 6) is 0.756. The summed E-state index contributed by atoms with van der Waals surface area (Å²) in [6.07, 6.45) is 2.02. The van der Waals surface area contributed by atoms with Crippen LogP contribution in [-0.2, 0) is 0 Å². The monoisotopic (exact) mass is 467 g/mol. The second-order valence-corrected chi connectivity index (χ2v) is 9.13. The van der Waals surface area contributed by atoms with Gasteiger partial charge < -0.3 is 25.1 Å². The maximum absolute atomic E-state index is 13.1. The number of piperazine rings is 1. The molecule has 1 atom stereocenters. The van der Waals surface area contributed by atoms with Gasteiger partial charge in [0.25, 0.3) is 11.8 Å². The summed E-state index contributed by atoms with van der Waals surface area (Å²) < 4.78 is 0. The molecular formula is C26H37N5O3. The number of aliphatic hydroxyl groups is 1. The predicted molar refractivity (Wildman–Crippen MR) is 135 cm³/mol. The molecule has 0 spiro atoms. The summed E-state index contributed by atoms with van der Waals surface area (Å²) in [7, 11) is 0. The highest BCUT2D eigenvalue weighted by atomic mass is 16.3. The zero-order chi connectivity index (χ0) is 24.7. The molecule has 1 unspecified atom stereocenters. The summed E-state index contributed by atoms with van der Waals surface area (Å²) in [5, 5.41) is 13.1. The van der Waals surface area contributed by atoms with E-state index in [9.17, 15) is 14.7 Å². The van der Waals surface area contributed by atoms with Crippen molar-refractivity contribution in [3.05, 3.63) is 53.7 Å². The Morgan fingerprint density at radius 1 is 1.06 bits per heavy atom. The van der Waals surface area contributed by atoms with E-state index in [-0.39, 0.29) is 11.8 Å². The molecule has 3 rings (SSSR count).